The molecule has 0 unspecified atom stereocenters. The van der Waals surface area contributed by atoms with Crippen molar-refractivity contribution in [3.05, 3.63) is 98.5 Å². The molecule has 0 saturated carbocycles. The molecule has 0 radical (unpaired) electrons. The van der Waals surface area contributed by atoms with Crippen molar-refractivity contribution in [3.8, 4) is 0 Å². The fourth-order valence-corrected chi connectivity index (χ4v) is 5.26. The maximum atomic E-state index is 12.7. The van der Waals surface area contributed by atoms with Crippen LogP contribution in [0, 0.1) is 5.92 Å². The molecule has 8 nitrogen and oxygen atoms in total. The molecule has 4 aromatic rings. The third kappa shape index (κ3) is 5.66. The van der Waals surface area contributed by atoms with Gasteiger partial charge < -0.3 is 14.6 Å². The van der Waals surface area contributed by atoms with Gasteiger partial charge in [0.05, 0.1) is 6.10 Å². The predicted molar refractivity (Wildman–Crippen MR) is 149 cm³/mol. The summed E-state index contributed by atoms with van der Waals surface area (Å²) in [6, 6.07) is 20.9. The van der Waals surface area contributed by atoms with Crippen LogP contribution in [0.15, 0.2) is 70.3 Å². The van der Waals surface area contributed by atoms with Gasteiger partial charge >= 0.3 is 5.69 Å². The summed E-state index contributed by atoms with van der Waals surface area (Å²) in [5.41, 5.74) is 2.57. The van der Waals surface area contributed by atoms with Crippen LogP contribution in [0.1, 0.15) is 49.7 Å². The minimum absolute atomic E-state index is 0.0736. The monoisotopic (exact) mass is 515 g/mol. The van der Waals surface area contributed by atoms with Gasteiger partial charge in [0.25, 0.3) is 5.56 Å². The molecule has 0 aliphatic carbocycles. The minimum Gasteiger partial charge on any atom is -0.365 e. The smallest absolute Gasteiger partial charge is 0.332 e. The zero-order valence-electron chi connectivity index (χ0n) is 22.5. The number of likely N-dealkylation sites (tertiary alicyclic amines) is 1. The van der Waals surface area contributed by atoms with Crippen LogP contribution in [0.2, 0.25) is 0 Å². The number of hydrogen-bond donors (Lipinski definition) is 1. The number of ether oxygens (including phenoxy) is 1. The summed E-state index contributed by atoms with van der Waals surface area (Å²) in [7, 11) is 1.52. The zero-order chi connectivity index (χ0) is 26.6. The summed E-state index contributed by atoms with van der Waals surface area (Å²) >= 11 is 0. The highest BCUT2D eigenvalue weighted by Crippen LogP contribution is 2.30. The van der Waals surface area contributed by atoms with Gasteiger partial charge in [-0.3, -0.25) is 13.9 Å². The zero-order valence-corrected chi connectivity index (χ0v) is 22.5. The summed E-state index contributed by atoms with van der Waals surface area (Å²) in [5, 5.41) is 0. The number of rotatable bonds is 9. The van der Waals surface area contributed by atoms with Gasteiger partial charge in [0.2, 0.25) is 0 Å². The minimum atomic E-state index is -0.326. The highest BCUT2D eigenvalue weighted by molar-refractivity contribution is 5.69. The van der Waals surface area contributed by atoms with Crippen LogP contribution >= 0.6 is 0 Å². The summed E-state index contributed by atoms with van der Waals surface area (Å²) < 4.78 is 9.45. The van der Waals surface area contributed by atoms with Crippen molar-refractivity contribution < 1.29 is 4.74 Å². The van der Waals surface area contributed by atoms with Crippen LogP contribution in [0.5, 0.6) is 0 Å². The van der Waals surface area contributed by atoms with Gasteiger partial charge in [0, 0.05) is 39.6 Å². The Bertz CT molecular complexity index is 1430. The standard InChI is InChI=1S/C30H37N5O3/c1-21(2)20-35-28-26(29(36)33(3)30(35)37)31-25(32-28)16-19-34-17-14-24(15-18-34)38-27(22-10-6-4-7-11-22)23-12-8-5-9-13-23/h4-13,21,24,27H,14-20H2,1-3H3,(H,31,32). The second-order valence-electron chi connectivity index (χ2n) is 10.7. The molecule has 1 N–H and O–H groups in total. The third-order valence-electron chi connectivity index (χ3n) is 7.31. The molecule has 3 heterocycles. The molecule has 1 fully saturated rings. The summed E-state index contributed by atoms with van der Waals surface area (Å²) in [4.78, 5) is 35.7. The lowest BCUT2D eigenvalue weighted by Gasteiger charge is -2.34. The molecule has 200 valence electrons. The number of nitrogens with zero attached hydrogens (tertiary/aromatic N) is 4. The Kier molecular flexibility index (Phi) is 7.90. The number of aromatic nitrogens is 4. The Morgan fingerprint density at radius 3 is 2.16 bits per heavy atom. The molecule has 0 spiro atoms. The van der Waals surface area contributed by atoms with E-state index in [0.717, 1.165) is 42.9 Å². The molecule has 2 aromatic carbocycles. The van der Waals surface area contributed by atoms with Crippen LogP contribution in [-0.2, 0) is 24.8 Å². The van der Waals surface area contributed by atoms with Gasteiger partial charge in [-0.2, -0.15) is 0 Å². The highest BCUT2D eigenvalue weighted by atomic mass is 16.5. The molecular formula is C30H37N5O3. The molecule has 0 atom stereocenters. The summed E-state index contributed by atoms with van der Waals surface area (Å²) in [6.07, 6.45) is 2.73. The first-order valence-corrected chi connectivity index (χ1v) is 13.6. The Hall–Kier alpha value is -3.49. The number of aromatic amines is 1. The van der Waals surface area contributed by atoms with Crippen molar-refractivity contribution in [1.82, 2.24) is 24.0 Å². The van der Waals surface area contributed by atoms with Crippen LogP contribution in [0.25, 0.3) is 11.2 Å². The molecule has 0 amide bonds. The molecule has 1 aliphatic heterocycles. The maximum absolute atomic E-state index is 12.7. The molecular weight excluding hydrogens is 478 g/mol. The van der Waals surface area contributed by atoms with E-state index in [9.17, 15) is 9.59 Å². The normalized spacial score (nSPS) is 15.2. The van der Waals surface area contributed by atoms with Crippen molar-refractivity contribution >= 4 is 11.2 Å². The Morgan fingerprint density at radius 2 is 1.58 bits per heavy atom. The fraction of sp³-hybridized carbons (Fsp3) is 0.433. The third-order valence-corrected chi connectivity index (χ3v) is 7.31. The second-order valence-corrected chi connectivity index (χ2v) is 10.7. The van der Waals surface area contributed by atoms with Gasteiger partial charge in [-0.05, 0) is 29.9 Å². The van der Waals surface area contributed by atoms with Gasteiger partial charge in [-0.15, -0.1) is 0 Å². The van der Waals surface area contributed by atoms with E-state index < -0.39 is 0 Å². The van der Waals surface area contributed by atoms with Gasteiger partial charge in [0.15, 0.2) is 5.65 Å². The van der Waals surface area contributed by atoms with E-state index in [1.54, 1.807) is 4.57 Å². The predicted octanol–water partition coefficient (Wildman–Crippen LogP) is 3.89. The maximum Gasteiger partial charge on any atom is 0.332 e. The van der Waals surface area contributed by atoms with E-state index in [4.69, 9.17) is 4.74 Å². The Balaban J connectivity index is 1.22. The average Bonchev–Trinajstić information content (AvgIpc) is 3.37. The molecule has 5 rings (SSSR count). The van der Waals surface area contributed by atoms with Gasteiger partial charge in [0.1, 0.15) is 17.4 Å². The fourth-order valence-electron chi connectivity index (χ4n) is 5.26. The van der Waals surface area contributed by atoms with E-state index in [-0.39, 0.29) is 29.4 Å². The lowest BCUT2D eigenvalue weighted by atomic mass is 10.00. The summed E-state index contributed by atoms with van der Waals surface area (Å²) in [5.74, 6) is 1.01. The largest absolute Gasteiger partial charge is 0.365 e. The first-order valence-electron chi connectivity index (χ1n) is 13.6. The van der Waals surface area contributed by atoms with Crippen LogP contribution < -0.4 is 11.2 Å². The molecule has 2 aromatic heterocycles. The Labute approximate surface area is 222 Å². The summed E-state index contributed by atoms with van der Waals surface area (Å²) in [6.45, 7) is 7.34. The van der Waals surface area contributed by atoms with Gasteiger partial charge in [-0.25, -0.2) is 9.78 Å². The van der Waals surface area contributed by atoms with Gasteiger partial charge in [-0.1, -0.05) is 74.5 Å². The van der Waals surface area contributed by atoms with Crippen molar-refractivity contribution in [2.45, 2.75) is 51.9 Å². The molecule has 1 aliphatic rings. The molecule has 8 heteroatoms. The van der Waals surface area contributed by atoms with E-state index in [1.807, 2.05) is 26.0 Å². The quantitative estimate of drug-likeness (QED) is 0.366. The first-order chi connectivity index (χ1) is 18.4. The number of nitrogens with one attached hydrogen (secondary N) is 1. The lowest BCUT2D eigenvalue weighted by Crippen LogP contribution is -2.38. The number of piperidine rings is 1. The number of H-pyrrole nitrogens is 1. The van der Waals surface area contributed by atoms with Crippen molar-refractivity contribution in [2.24, 2.45) is 13.0 Å². The van der Waals surface area contributed by atoms with Crippen LogP contribution in [-0.4, -0.2) is 49.7 Å². The molecule has 0 bridgehead atoms. The number of imidazole rings is 1. The Morgan fingerprint density at radius 1 is 0.974 bits per heavy atom. The number of benzene rings is 2. The van der Waals surface area contributed by atoms with Crippen molar-refractivity contribution in [1.29, 1.82) is 0 Å². The van der Waals surface area contributed by atoms with E-state index in [0.29, 0.717) is 24.1 Å². The first kappa shape index (κ1) is 26.1. The SMILES string of the molecule is CC(C)Cn1c(=O)n(C)c(=O)c2[nH]c(CCN3CCC(OC(c4ccccc4)c4ccccc4)CC3)nc21. The highest BCUT2D eigenvalue weighted by Gasteiger charge is 2.25. The number of fused-ring (bicyclic) bond motifs is 1. The van der Waals surface area contributed by atoms with Crippen LogP contribution in [0.4, 0.5) is 0 Å². The topological polar surface area (TPSA) is 85.2 Å². The lowest BCUT2D eigenvalue weighted by molar-refractivity contribution is -0.0268. The van der Waals surface area contributed by atoms with Crippen molar-refractivity contribution in [3.63, 3.8) is 0 Å². The average molecular weight is 516 g/mol. The van der Waals surface area contributed by atoms with E-state index in [2.05, 4.69) is 63.4 Å². The van der Waals surface area contributed by atoms with Crippen molar-refractivity contribution in [2.75, 3.05) is 19.6 Å². The van der Waals surface area contributed by atoms with E-state index >= 15 is 0 Å². The van der Waals surface area contributed by atoms with E-state index in [1.165, 1.54) is 18.2 Å². The second kappa shape index (κ2) is 11.5. The van der Waals surface area contributed by atoms with Crippen LogP contribution in [0.3, 0.4) is 0 Å². The molecule has 1 saturated heterocycles. The molecule has 38 heavy (non-hydrogen) atoms. The number of hydrogen-bond acceptors (Lipinski definition) is 5.